The molecule has 190 valence electrons. The molecule has 1 amide bonds. The van der Waals surface area contributed by atoms with Gasteiger partial charge in [-0.3, -0.25) is 0 Å². The van der Waals surface area contributed by atoms with E-state index in [1.54, 1.807) is 6.07 Å². The summed E-state index contributed by atoms with van der Waals surface area (Å²) in [4.78, 5) is 13.6. The second-order valence-corrected chi connectivity index (χ2v) is 10.6. The number of alkyl halides is 1. The topological polar surface area (TPSA) is 29.5 Å². The fourth-order valence-electron chi connectivity index (χ4n) is 4.37. The van der Waals surface area contributed by atoms with E-state index in [9.17, 15) is 9.18 Å². The minimum atomic E-state index is -0.0897. The number of aryl methyl sites for hydroxylation is 2. The highest BCUT2D eigenvalue weighted by atomic mass is 35.5. The Kier molecular flexibility index (Phi) is 12.2. The number of rotatable bonds is 2. The lowest BCUT2D eigenvalue weighted by Gasteiger charge is -2.24. The van der Waals surface area contributed by atoms with Crippen LogP contribution in [-0.4, -0.2) is 35.6 Å². The largest absolute Gasteiger partial charge is 0.446 e. The van der Waals surface area contributed by atoms with E-state index in [4.69, 9.17) is 16.3 Å². The Morgan fingerprint density at radius 1 is 1.12 bits per heavy atom. The average molecular weight is 492 g/mol. The molecule has 0 radical (unpaired) electrons. The maximum absolute atomic E-state index is 12.8. The molecule has 3 nitrogen and oxygen atoms in total. The van der Waals surface area contributed by atoms with E-state index in [0.717, 1.165) is 56.3 Å². The first-order chi connectivity index (χ1) is 16.2. The van der Waals surface area contributed by atoms with Gasteiger partial charge >= 0.3 is 6.09 Å². The maximum Gasteiger partial charge on any atom is 0.410 e. The van der Waals surface area contributed by atoms with Gasteiger partial charge in [-0.25, -0.2) is 9.18 Å². The number of carbonyl (C=O) groups excluding carboxylic acids is 1. The number of likely N-dealkylation sites (tertiary alicyclic amines) is 1. The first kappa shape index (κ1) is 28.4. The highest BCUT2D eigenvalue weighted by Crippen LogP contribution is 2.23. The quantitative estimate of drug-likeness (QED) is 0.389. The molecule has 1 aromatic rings. The van der Waals surface area contributed by atoms with Crippen LogP contribution in [0.5, 0.6) is 0 Å². The number of benzene rings is 1. The van der Waals surface area contributed by atoms with Crippen LogP contribution in [0.2, 0.25) is 0 Å². The summed E-state index contributed by atoms with van der Waals surface area (Å²) in [6, 6.07) is 5.19. The standard InChI is InChI=1S/C12H21NO2.C9H11F.C8H11Cl/c1-10-7-8-13(9-10)12(14)15-11-5-3-2-4-6-11;1-3-8-6-7(2)4-5-9(8)10;1-6-3-4-7(2)8(9)5-6/h10-11H,2-9H2,1H3;4-6H,3H2,1-2H3;3-4,8H,5H2,1-2H3. The molecule has 0 spiro atoms. The molecule has 2 fully saturated rings. The van der Waals surface area contributed by atoms with E-state index >= 15 is 0 Å². The van der Waals surface area contributed by atoms with Crippen molar-refractivity contribution in [3.63, 3.8) is 0 Å². The van der Waals surface area contributed by atoms with Gasteiger partial charge < -0.3 is 9.64 Å². The summed E-state index contributed by atoms with van der Waals surface area (Å²) >= 11 is 5.95. The molecule has 0 bridgehead atoms. The van der Waals surface area contributed by atoms with Gasteiger partial charge in [0.15, 0.2) is 0 Å². The molecule has 2 unspecified atom stereocenters. The van der Waals surface area contributed by atoms with Crippen LogP contribution in [0.3, 0.4) is 0 Å². The Morgan fingerprint density at radius 2 is 1.82 bits per heavy atom. The molecule has 1 heterocycles. The number of nitrogens with zero attached hydrogens (tertiary/aromatic N) is 1. The Morgan fingerprint density at radius 3 is 2.35 bits per heavy atom. The smallest absolute Gasteiger partial charge is 0.410 e. The number of amides is 1. The van der Waals surface area contributed by atoms with Gasteiger partial charge in [0.2, 0.25) is 0 Å². The summed E-state index contributed by atoms with van der Waals surface area (Å²) in [6.45, 7) is 12.1. The minimum Gasteiger partial charge on any atom is -0.446 e. The van der Waals surface area contributed by atoms with E-state index in [1.165, 1.54) is 36.5 Å². The monoisotopic (exact) mass is 491 g/mol. The van der Waals surface area contributed by atoms with Crippen molar-refractivity contribution in [2.45, 2.75) is 97.5 Å². The molecular formula is C29H43ClFNO2. The molecular weight excluding hydrogens is 449 g/mol. The fourth-order valence-corrected chi connectivity index (χ4v) is 4.68. The first-order valence-electron chi connectivity index (χ1n) is 12.9. The van der Waals surface area contributed by atoms with Crippen LogP contribution < -0.4 is 0 Å². The number of halogens is 2. The molecule has 0 aromatic heterocycles. The zero-order valence-electron chi connectivity index (χ0n) is 21.7. The minimum absolute atomic E-state index is 0.0775. The van der Waals surface area contributed by atoms with Crippen LogP contribution in [0.15, 0.2) is 41.5 Å². The van der Waals surface area contributed by atoms with E-state index < -0.39 is 0 Å². The lowest BCUT2D eigenvalue weighted by atomic mass is 9.98. The molecule has 1 aromatic carbocycles. The zero-order chi connectivity index (χ0) is 25.1. The van der Waals surface area contributed by atoms with Crippen molar-refractivity contribution < 1.29 is 13.9 Å². The molecule has 2 aliphatic carbocycles. The van der Waals surface area contributed by atoms with Gasteiger partial charge in [0, 0.05) is 13.1 Å². The zero-order valence-corrected chi connectivity index (χ0v) is 22.5. The Balaban J connectivity index is 0.000000189. The van der Waals surface area contributed by atoms with Crippen LogP contribution in [0, 0.1) is 18.7 Å². The second-order valence-electron chi connectivity index (χ2n) is 10.0. The van der Waals surface area contributed by atoms with Gasteiger partial charge in [0.05, 0.1) is 5.38 Å². The molecule has 34 heavy (non-hydrogen) atoms. The molecule has 5 heteroatoms. The SMILES string of the molecule is CC1=CC=C(C)C(Cl)C1.CC1CCN(C(=O)OC2CCCCC2)C1.CCc1cc(C)ccc1F. The summed E-state index contributed by atoms with van der Waals surface area (Å²) < 4.78 is 18.3. The van der Waals surface area contributed by atoms with Crippen LogP contribution in [0.25, 0.3) is 0 Å². The van der Waals surface area contributed by atoms with Crippen molar-refractivity contribution in [3.8, 4) is 0 Å². The number of hydrogen-bond donors (Lipinski definition) is 0. The van der Waals surface area contributed by atoms with E-state index in [0.29, 0.717) is 5.92 Å². The predicted molar refractivity (Wildman–Crippen MR) is 141 cm³/mol. The summed E-state index contributed by atoms with van der Waals surface area (Å²) in [5.41, 5.74) is 4.58. The lowest BCUT2D eigenvalue weighted by Crippen LogP contribution is -2.33. The van der Waals surface area contributed by atoms with Crippen molar-refractivity contribution in [3.05, 3.63) is 58.4 Å². The lowest BCUT2D eigenvalue weighted by molar-refractivity contribution is 0.0502. The van der Waals surface area contributed by atoms with Crippen LogP contribution >= 0.6 is 11.6 Å². The van der Waals surface area contributed by atoms with E-state index in [2.05, 4.69) is 32.9 Å². The van der Waals surface area contributed by atoms with Crippen molar-refractivity contribution in [2.75, 3.05) is 13.1 Å². The third kappa shape index (κ3) is 9.82. The second kappa shape index (κ2) is 14.6. The Labute approximate surface area is 211 Å². The van der Waals surface area contributed by atoms with Crippen LogP contribution in [0.4, 0.5) is 9.18 Å². The molecule has 1 aliphatic heterocycles. The molecule has 0 N–H and O–H groups in total. The van der Waals surface area contributed by atoms with Gasteiger partial charge in [-0.2, -0.15) is 0 Å². The summed E-state index contributed by atoms with van der Waals surface area (Å²) in [5, 5.41) is 0.245. The first-order valence-corrected chi connectivity index (χ1v) is 13.3. The fraction of sp³-hybridized carbons (Fsp3) is 0.621. The van der Waals surface area contributed by atoms with Crippen LogP contribution in [0.1, 0.15) is 83.8 Å². The predicted octanol–water partition coefficient (Wildman–Crippen LogP) is 8.38. The van der Waals surface area contributed by atoms with Crippen molar-refractivity contribution in [1.82, 2.24) is 4.90 Å². The van der Waals surface area contributed by atoms with Crippen LogP contribution in [-0.2, 0) is 11.2 Å². The maximum atomic E-state index is 12.8. The third-order valence-corrected chi connectivity index (χ3v) is 7.21. The van der Waals surface area contributed by atoms with Crippen molar-refractivity contribution >= 4 is 17.7 Å². The van der Waals surface area contributed by atoms with Crippen molar-refractivity contribution in [1.29, 1.82) is 0 Å². The van der Waals surface area contributed by atoms with Gasteiger partial charge in [0.25, 0.3) is 0 Å². The number of carbonyl (C=O) groups is 1. The molecule has 2 atom stereocenters. The normalized spacial score (nSPS) is 22.5. The molecule has 1 saturated carbocycles. The molecule has 4 rings (SSSR count). The Hall–Kier alpha value is -1.81. The molecule has 3 aliphatic rings. The molecule has 1 saturated heterocycles. The van der Waals surface area contributed by atoms with Gasteiger partial charge in [-0.05, 0) is 83.3 Å². The van der Waals surface area contributed by atoms with Gasteiger partial charge in [-0.15, -0.1) is 11.6 Å². The van der Waals surface area contributed by atoms with Crippen molar-refractivity contribution in [2.24, 2.45) is 5.92 Å². The Bertz CT molecular complexity index is 845. The van der Waals surface area contributed by atoms with Gasteiger partial charge in [-0.1, -0.05) is 61.3 Å². The van der Waals surface area contributed by atoms with E-state index in [-0.39, 0.29) is 23.4 Å². The number of allylic oxidation sites excluding steroid dienone is 4. The van der Waals surface area contributed by atoms with E-state index in [1.807, 2.05) is 24.8 Å². The van der Waals surface area contributed by atoms with Gasteiger partial charge in [0.1, 0.15) is 11.9 Å². The highest BCUT2D eigenvalue weighted by Gasteiger charge is 2.27. The third-order valence-electron chi connectivity index (χ3n) is 6.71. The average Bonchev–Trinajstić information content (AvgIpc) is 3.26. The summed E-state index contributed by atoms with van der Waals surface area (Å²) in [7, 11) is 0. The highest BCUT2D eigenvalue weighted by molar-refractivity contribution is 6.22. The summed E-state index contributed by atoms with van der Waals surface area (Å²) in [6.07, 6.45) is 13.1. The number of ether oxygens (including phenoxy) is 1. The summed E-state index contributed by atoms with van der Waals surface area (Å²) in [5.74, 6) is 0.553. The number of hydrogen-bond acceptors (Lipinski definition) is 2.